The molecule has 1 atom stereocenters. The van der Waals surface area contributed by atoms with Crippen LogP contribution in [0.3, 0.4) is 0 Å². The Morgan fingerprint density at radius 2 is 1.65 bits per heavy atom. The molecule has 2 aliphatic heterocycles. The molecule has 1 aromatic heterocycles. The van der Waals surface area contributed by atoms with Crippen molar-refractivity contribution in [3.63, 3.8) is 0 Å². The summed E-state index contributed by atoms with van der Waals surface area (Å²) in [5.74, 6) is 3.35. The Kier molecular flexibility index (Phi) is 6.71. The molecule has 3 heterocycles. The predicted octanol–water partition coefficient (Wildman–Crippen LogP) is 7.59. The number of rotatable bonds is 7. The number of ether oxygens (including phenoxy) is 2. The highest BCUT2D eigenvalue weighted by molar-refractivity contribution is 5.69. The summed E-state index contributed by atoms with van der Waals surface area (Å²) in [6, 6.07) is 23.7. The normalized spacial score (nSPS) is 17.3. The lowest BCUT2D eigenvalue weighted by atomic mass is 9.94. The third kappa shape index (κ3) is 4.64. The molecule has 3 aromatic carbocycles. The Bertz CT molecular complexity index is 1360. The molecule has 4 aromatic rings. The van der Waals surface area contributed by atoms with Gasteiger partial charge in [0.15, 0.2) is 11.5 Å². The van der Waals surface area contributed by atoms with Crippen molar-refractivity contribution in [1.29, 1.82) is 0 Å². The highest BCUT2D eigenvalue weighted by Gasteiger charge is 2.29. The lowest BCUT2D eigenvalue weighted by molar-refractivity contribution is 0.130. The van der Waals surface area contributed by atoms with E-state index in [2.05, 4.69) is 73.3 Å². The van der Waals surface area contributed by atoms with Crippen LogP contribution in [0.25, 0.3) is 22.7 Å². The summed E-state index contributed by atoms with van der Waals surface area (Å²) in [4.78, 5) is 7.69. The van der Waals surface area contributed by atoms with E-state index in [-0.39, 0.29) is 0 Å². The summed E-state index contributed by atoms with van der Waals surface area (Å²) >= 11 is 0. The van der Waals surface area contributed by atoms with Crippen molar-refractivity contribution >= 4 is 0 Å². The second-order valence-corrected chi connectivity index (χ2v) is 9.91. The molecule has 5 nitrogen and oxygen atoms in total. The molecule has 6 rings (SSSR count). The first-order valence-corrected chi connectivity index (χ1v) is 13.5. The fourth-order valence-electron chi connectivity index (χ4n) is 5.77. The third-order valence-electron chi connectivity index (χ3n) is 7.70. The zero-order valence-electron chi connectivity index (χ0n) is 21.7. The molecule has 0 bridgehead atoms. The van der Waals surface area contributed by atoms with E-state index in [1.807, 2.05) is 12.1 Å². The van der Waals surface area contributed by atoms with Crippen LogP contribution < -0.4 is 9.47 Å². The minimum Gasteiger partial charge on any atom is -0.454 e. The van der Waals surface area contributed by atoms with Gasteiger partial charge in [-0.2, -0.15) is 0 Å². The van der Waals surface area contributed by atoms with Gasteiger partial charge in [0.05, 0.1) is 6.54 Å². The minimum absolute atomic E-state index is 0.299. The number of hydrogen-bond donors (Lipinski definition) is 0. The van der Waals surface area contributed by atoms with Gasteiger partial charge in [-0.05, 0) is 61.1 Å². The van der Waals surface area contributed by atoms with E-state index in [4.69, 9.17) is 18.9 Å². The van der Waals surface area contributed by atoms with E-state index < -0.39 is 0 Å². The highest BCUT2D eigenvalue weighted by atomic mass is 16.7. The van der Waals surface area contributed by atoms with Gasteiger partial charge in [0.1, 0.15) is 11.5 Å². The van der Waals surface area contributed by atoms with E-state index in [0.29, 0.717) is 19.4 Å². The Morgan fingerprint density at radius 1 is 0.865 bits per heavy atom. The van der Waals surface area contributed by atoms with Crippen molar-refractivity contribution in [3.05, 3.63) is 89.2 Å². The van der Waals surface area contributed by atoms with E-state index in [0.717, 1.165) is 65.8 Å². The molecule has 0 N–H and O–H groups in total. The van der Waals surface area contributed by atoms with Crippen LogP contribution in [0.4, 0.5) is 0 Å². The number of aryl methyl sites for hydroxylation is 2. The van der Waals surface area contributed by atoms with Crippen molar-refractivity contribution in [2.24, 2.45) is 0 Å². The summed E-state index contributed by atoms with van der Waals surface area (Å²) in [7, 11) is 0. The molecule has 0 saturated carbocycles. The van der Waals surface area contributed by atoms with Crippen molar-refractivity contribution in [1.82, 2.24) is 9.88 Å². The highest BCUT2D eigenvalue weighted by Crippen LogP contribution is 2.40. The zero-order valence-corrected chi connectivity index (χ0v) is 21.7. The number of oxazole rings is 1. The molecule has 0 radical (unpaired) electrons. The molecule has 0 aliphatic carbocycles. The molecule has 1 unspecified atom stereocenters. The lowest BCUT2D eigenvalue weighted by Gasteiger charge is -2.35. The topological polar surface area (TPSA) is 47.7 Å². The fourth-order valence-corrected chi connectivity index (χ4v) is 5.77. The first kappa shape index (κ1) is 23.8. The van der Waals surface area contributed by atoms with Gasteiger partial charge in [0.2, 0.25) is 12.7 Å². The standard InChI is InChI=1S/C32H34N2O3/c1-3-22-13-10-14-23(4-2)30(22)32-33-31(24-11-6-5-7-12-24)29(37-32)20-34-18-9-8-15-26(34)25-16-17-27-28(19-25)36-21-35-27/h5-7,10-14,16-17,19,26H,3-4,8-9,15,18,20-21H2,1-2H3. The molecule has 0 amide bonds. The Hall–Kier alpha value is -3.57. The van der Waals surface area contributed by atoms with Crippen LogP contribution in [0.1, 0.15) is 61.6 Å². The van der Waals surface area contributed by atoms with Gasteiger partial charge in [-0.15, -0.1) is 0 Å². The van der Waals surface area contributed by atoms with Crippen LogP contribution in [0.5, 0.6) is 11.5 Å². The Labute approximate surface area is 219 Å². The summed E-state index contributed by atoms with van der Waals surface area (Å²) in [5.41, 5.74) is 7.03. The molecule has 0 spiro atoms. The van der Waals surface area contributed by atoms with Gasteiger partial charge in [0.25, 0.3) is 0 Å². The minimum atomic E-state index is 0.299. The first-order chi connectivity index (χ1) is 18.2. The molecular formula is C32H34N2O3. The molecule has 190 valence electrons. The number of nitrogens with zero attached hydrogens (tertiary/aromatic N) is 2. The van der Waals surface area contributed by atoms with Gasteiger partial charge < -0.3 is 13.9 Å². The van der Waals surface area contributed by atoms with Gasteiger partial charge >= 0.3 is 0 Å². The van der Waals surface area contributed by atoms with E-state index in [1.54, 1.807) is 0 Å². The lowest BCUT2D eigenvalue weighted by Crippen LogP contribution is -2.33. The van der Waals surface area contributed by atoms with E-state index >= 15 is 0 Å². The van der Waals surface area contributed by atoms with Crippen molar-refractivity contribution < 1.29 is 13.9 Å². The van der Waals surface area contributed by atoms with Crippen LogP contribution in [-0.4, -0.2) is 23.2 Å². The zero-order chi connectivity index (χ0) is 25.2. The van der Waals surface area contributed by atoms with Gasteiger partial charge in [-0.25, -0.2) is 4.98 Å². The van der Waals surface area contributed by atoms with Crippen LogP contribution in [0, 0.1) is 0 Å². The van der Waals surface area contributed by atoms with E-state index in [9.17, 15) is 0 Å². The third-order valence-corrected chi connectivity index (χ3v) is 7.70. The number of benzene rings is 3. The van der Waals surface area contributed by atoms with Gasteiger partial charge in [-0.3, -0.25) is 4.90 Å². The Morgan fingerprint density at radius 3 is 2.43 bits per heavy atom. The fraction of sp³-hybridized carbons (Fsp3) is 0.344. The number of aromatic nitrogens is 1. The molecular weight excluding hydrogens is 460 g/mol. The summed E-state index contributed by atoms with van der Waals surface area (Å²) < 4.78 is 17.9. The van der Waals surface area contributed by atoms with Crippen LogP contribution in [0.2, 0.25) is 0 Å². The molecule has 1 saturated heterocycles. The maximum atomic E-state index is 6.70. The SMILES string of the molecule is CCc1cccc(CC)c1-c1nc(-c2ccccc2)c(CN2CCCCC2c2ccc3c(c2)OCO3)o1. The number of hydrogen-bond acceptors (Lipinski definition) is 5. The monoisotopic (exact) mass is 494 g/mol. The quantitative estimate of drug-likeness (QED) is 0.265. The van der Waals surface area contributed by atoms with Crippen molar-refractivity contribution in [3.8, 4) is 34.2 Å². The second kappa shape index (κ2) is 10.4. The smallest absolute Gasteiger partial charge is 0.231 e. The molecule has 2 aliphatic rings. The average molecular weight is 495 g/mol. The van der Waals surface area contributed by atoms with Crippen molar-refractivity contribution in [2.75, 3.05) is 13.3 Å². The van der Waals surface area contributed by atoms with Crippen LogP contribution in [-0.2, 0) is 19.4 Å². The number of likely N-dealkylation sites (tertiary alicyclic amines) is 1. The van der Waals surface area contributed by atoms with Crippen molar-refractivity contribution in [2.45, 2.75) is 58.5 Å². The first-order valence-electron chi connectivity index (χ1n) is 13.5. The molecule has 5 heteroatoms. The van der Waals surface area contributed by atoms with Crippen LogP contribution >= 0.6 is 0 Å². The summed E-state index contributed by atoms with van der Waals surface area (Å²) in [6.45, 7) is 6.43. The van der Waals surface area contributed by atoms with Crippen LogP contribution in [0.15, 0.2) is 71.1 Å². The average Bonchev–Trinajstić information content (AvgIpc) is 3.60. The second-order valence-electron chi connectivity index (χ2n) is 9.91. The van der Waals surface area contributed by atoms with Gasteiger partial charge in [-0.1, -0.05) is 74.9 Å². The maximum absolute atomic E-state index is 6.70. The number of fused-ring (bicyclic) bond motifs is 1. The predicted molar refractivity (Wildman–Crippen MR) is 146 cm³/mol. The van der Waals surface area contributed by atoms with E-state index in [1.165, 1.54) is 29.5 Å². The largest absolute Gasteiger partial charge is 0.454 e. The molecule has 37 heavy (non-hydrogen) atoms. The summed E-state index contributed by atoms with van der Waals surface area (Å²) in [5, 5.41) is 0. The molecule has 1 fully saturated rings. The Balaban J connectivity index is 1.40. The number of piperidine rings is 1. The van der Waals surface area contributed by atoms with Gasteiger partial charge in [0, 0.05) is 17.2 Å². The summed E-state index contributed by atoms with van der Waals surface area (Å²) in [6.07, 6.45) is 5.40. The maximum Gasteiger partial charge on any atom is 0.231 e.